The number of piperazine rings is 1. The Morgan fingerprint density at radius 3 is 3.11 bits per heavy atom. The molecule has 0 aromatic heterocycles. The Morgan fingerprint density at radius 2 is 2.37 bits per heavy atom. The van der Waals surface area contributed by atoms with Gasteiger partial charge in [0.15, 0.2) is 0 Å². The van der Waals surface area contributed by atoms with Gasteiger partial charge in [-0.05, 0) is 30.5 Å². The summed E-state index contributed by atoms with van der Waals surface area (Å²) >= 11 is 0. The highest BCUT2D eigenvalue weighted by atomic mass is 16.5. The summed E-state index contributed by atoms with van der Waals surface area (Å²) in [7, 11) is 1.68. The summed E-state index contributed by atoms with van der Waals surface area (Å²) in [6.07, 6.45) is 1.95. The van der Waals surface area contributed by atoms with Gasteiger partial charge in [-0.25, -0.2) is 0 Å². The normalized spacial score (nSPS) is 19.3. The second-order valence-corrected chi connectivity index (χ2v) is 4.96. The van der Waals surface area contributed by atoms with Crippen LogP contribution in [0.4, 0.5) is 0 Å². The lowest BCUT2D eigenvalue weighted by Crippen LogP contribution is -2.53. The molecule has 4 nitrogen and oxygen atoms in total. The fourth-order valence-electron chi connectivity index (χ4n) is 2.59. The van der Waals surface area contributed by atoms with E-state index in [1.807, 2.05) is 17.0 Å². The molecule has 1 amide bonds. The van der Waals surface area contributed by atoms with Gasteiger partial charge in [-0.3, -0.25) is 4.79 Å². The third-order valence-electron chi connectivity index (χ3n) is 3.66. The van der Waals surface area contributed by atoms with Crippen LogP contribution in [-0.2, 0) is 11.2 Å². The van der Waals surface area contributed by atoms with Crippen LogP contribution in [0, 0.1) is 0 Å². The minimum absolute atomic E-state index is 0.178. The lowest BCUT2D eigenvalue weighted by Gasteiger charge is -2.35. The Labute approximate surface area is 114 Å². The summed E-state index contributed by atoms with van der Waals surface area (Å²) in [6.45, 7) is 4.26. The van der Waals surface area contributed by atoms with Crippen molar-refractivity contribution in [2.75, 3.05) is 26.7 Å². The summed E-state index contributed by atoms with van der Waals surface area (Å²) in [6, 6.07) is 8.44. The third kappa shape index (κ3) is 3.70. The zero-order valence-electron chi connectivity index (χ0n) is 11.7. The van der Waals surface area contributed by atoms with Crippen molar-refractivity contribution < 1.29 is 9.53 Å². The fourth-order valence-corrected chi connectivity index (χ4v) is 2.59. The van der Waals surface area contributed by atoms with E-state index in [9.17, 15) is 4.79 Å². The Hall–Kier alpha value is -1.55. The fraction of sp³-hybridized carbons (Fsp3) is 0.533. The smallest absolute Gasteiger partial charge is 0.219 e. The molecule has 1 unspecified atom stereocenters. The zero-order valence-corrected chi connectivity index (χ0v) is 11.7. The SMILES string of the molecule is COc1cccc(CCC2CNCCN2C(C)=O)c1. The Morgan fingerprint density at radius 1 is 1.53 bits per heavy atom. The van der Waals surface area contributed by atoms with Gasteiger partial charge >= 0.3 is 0 Å². The highest BCUT2D eigenvalue weighted by Gasteiger charge is 2.23. The number of hydrogen-bond acceptors (Lipinski definition) is 3. The summed E-state index contributed by atoms with van der Waals surface area (Å²) < 4.78 is 5.23. The first-order valence-electron chi connectivity index (χ1n) is 6.81. The third-order valence-corrected chi connectivity index (χ3v) is 3.66. The van der Waals surface area contributed by atoms with E-state index in [4.69, 9.17) is 4.74 Å². The molecule has 0 saturated carbocycles. The number of methoxy groups -OCH3 is 1. The predicted molar refractivity (Wildman–Crippen MR) is 75.4 cm³/mol. The first-order valence-corrected chi connectivity index (χ1v) is 6.81. The van der Waals surface area contributed by atoms with Crippen LogP contribution in [-0.4, -0.2) is 43.6 Å². The quantitative estimate of drug-likeness (QED) is 0.893. The molecule has 1 heterocycles. The van der Waals surface area contributed by atoms with Crippen LogP contribution in [0.15, 0.2) is 24.3 Å². The summed E-state index contributed by atoms with van der Waals surface area (Å²) in [5.74, 6) is 1.07. The number of carbonyl (C=O) groups is 1. The standard InChI is InChI=1S/C15H22N2O2/c1-12(18)17-9-8-16-11-14(17)7-6-13-4-3-5-15(10-13)19-2/h3-5,10,14,16H,6-9,11H2,1-2H3. The van der Waals surface area contributed by atoms with Gasteiger partial charge in [0, 0.05) is 32.6 Å². The molecule has 0 spiro atoms. The number of amides is 1. The van der Waals surface area contributed by atoms with Gasteiger partial charge in [-0.2, -0.15) is 0 Å². The van der Waals surface area contributed by atoms with Crippen LogP contribution in [0.5, 0.6) is 5.75 Å². The van der Waals surface area contributed by atoms with Gasteiger partial charge in [0.05, 0.1) is 7.11 Å². The molecular formula is C15H22N2O2. The average Bonchev–Trinajstić information content (AvgIpc) is 2.45. The molecule has 1 atom stereocenters. The Balaban J connectivity index is 1.94. The van der Waals surface area contributed by atoms with Crippen molar-refractivity contribution in [2.24, 2.45) is 0 Å². The van der Waals surface area contributed by atoms with Crippen molar-refractivity contribution in [2.45, 2.75) is 25.8 Å². The second-order valence-electron chi connectivity index (χ2n) is 4.96. The Kier molecular flexibility index (Phi) is 4.80. The molecule has 4 heteroatoms. The molecule has 104 valence electrons. The minimum atomic E-state index is 0.178. The number of aryl methyl sites for hydroxylation is 1. The number of rotatable bonds is 4. The largest absolute Gasteiger partial charge is 0.497 e. The first-order chi connectivity index (χ1) is 9.20. The van der Waals surface area contributed by atoms with E-state index < -0.39 is 0 Å². The Bertz CT molecular complexity index is 434. The van der Waals surface area contributed by atoms with Gasteiger partial charge < -0.3 is 15.0 Å². The van der Waals surface area contributed by atoms with Crippen LogP contribution in [0.3, 0.4) is 0 Å². The molecule has 1 aromatic carbocycles. The molecule has 1 fully saturated rings. The van der Waals surface area contributed by atoms with Crippen molar-refractivity contribution in [3.63, 3.8) is 0 Å². The number of nitrogens with zero attached hydrogens (tertiary/aromatic N) is 1. The molecule has 0 radical (unpaired) electrons. The van der Waals surface area contributed by atoms with Crippen LogP contribution in [0.2, 0.25) is 0 Å². The molecule has 19 heavy (non-hydrogen) atoms. The van der Waals surface area contributed by atoms with E-state index in [0.717, 1.165) is 38.2 Å². The molecule has 1 aliphatic rings. The summed E-state index contributed by atoms with van der Waals surface area (Å²) in [4.78, 5) is 13.6. The lowest BCUT2D eigenvalue weighted by molar-refractivity contribution is -0.132. The molecule has 2 rings (SSSR count). The average molecular weight is 262 g/mol. The molecular weight excluding hydrogens is 240 g/mol. The molecule has 1 aliphatic heterocycles. The number of benzene rings is 1. The van der Waals surface area contributed by atoms with E-state index >= 15 is 0 Å². The van der Waals surface area contributed by atoms with Gasteiger partial charge in [0.1, 0.15) is 5.75 Å². The van der Waals surface area contributed by atoms with Crippen LogP contribution < -0.4 is 10.1 Å². The van der Waals surface area contributed by atoms with Crippen molar-refractivity contribution in [1.29, 1.82) is 0 Å². The van der Waals surface area contributed by atoms with Crippen molar-refractivity contribution in [1.82, 2.24) is 10.2 Å². The van der Waals surface area contributed by atoms with Gasteiger partial charge in [0.25, 0.3) is 0 Å². The molecule has 0 aliphatic carbocycles. The zero-order chi connectivity index (χ0) is 13.7. The maximum atomic E-state index is 11.6. The highest BCUT2D eigenvalue weighted by molar-refractivity contribution is 5.73. The molecule has 1 N–H and O–H groups in total. The van der Waals surface area contributed by atoms with Crippen molar-refractivity contribution in [3.8, 4) is 5.75 Å². The first kappa shape index (κ1) is 13.9. The van der Waals surface area contributed by atoms with E-state index in [0.29, 0.717) is 6.04 Å². The van der Waals surface area contributed by atoms with Gasteiger partial charge in [-0.1, -0.05) is 12.1 Å². The number of ether oxygens (including phenoxy) is 1. The van der Waals surface area contributed by atoms with Crippen LogP contribution >= 0.6 is 0 Å². The maximum Gasteiger partial charge on any atom is 0.219 e. The van der Waals surface area contributed by atoms with Gasteiger partial charge in [-0.15, -0.1) is 0 Å². The molecule has 1 aromatic rings. The topological polar surface area (TPSA) is 41.6 Å². The summed E-state index contributed by atoms with van der Waals surface area (Å²) in [5.41, 5.74) is 1.26. The minimum Gasteiger partial charge on any atom is -0.497 e. The van der Waals surface area contributed by atoms with E-state index in [1.54, 1.807) is 14.0 Å². The number of hydrogen-bond donors (Lipinski definition) is 1. The maximum absolute atomic E-state index is 11.6. The van der Waals surface area contributed by atoms with E-state index in [2.05, 4.69) is 17.4 Å². The second kappa shape index (κ2) is 6.57. The predicted octanol–water partition coefficient (Wildman–Crippen LogP) is 1.45. The van der Waals surface area contributed by atoms with Crippen molar-refractivity contribution in [3.05, 3.63) is 29.8 Å². The van der Waals surface area contributed by atoms with Crippen LogP contribution in [0.25, 0.3) is 0 Å². The summed E-state index contributed by atoms with van der Waals surface area (Å²) in [5, 5.41) is 3.36. The van der Waals surface area contributed by atoms with Crippen molar-refractivity contribution >= 4 is 5.91 Å². The highest BCUT2D eigenvalue weighted by Crippen LogP contribution is 2.16. The van der Waals surface area contributed by atoms with Crippen LogP contribution in [0.1, 0.15) is 18.9 Å². The number of carbonyl (C=O) groups excluding carboxylic acids is 1. The number of nitrogens with one attached hydrogen (secondary N) is 1. The molecule has 1 saturated heterocycles. The van der Waals surface area contributed by atoms with Gasteiger partial charge in [0.2, 0.25) is 5.91 Å². The monoisotopic (exact) mass is 262 g/mol. The van der Waals surface area contributed by atoms with E-state index in [-0.39, 0.29) is 5.91 Å². The molecule has 0 bridgehead atoms. The lowest BCUT2D eigenvalue weighted by atomic mass is 10.0. The van der Waals surface area contributed by atoms with E-state index in [1.165, 1.54) is 5.56 Å².